The molecule has 3 N–H and O–H groups in total. The minimum Gasteiger partial charge on any atom is -0.225 e. The fraction of sp³-hybridized carbons (Fsp3) is 0.455. The molecule has 0 aliphatic heterocycles. The van der Waals surface area contributed by atoms with E-state index in [9.17, 15) is 16.8 Å². The summed E-state index contributed by atoms with van der Waals surface area (Å²) in [4.78, 5) is -0.0342. The molecule has 0 amide bonds. The lowest BCUT2D eigenvalue weighted by molar-refractivity contribution is 0.568. The second-order valence-electron chi connectivity index (χ2n) is 4.69. The number of primary sulfonamides is 1. The summed E-state index contributed by atoms with van der Waals surface area (Å²) in [5, 5.41) is 5.01. The first-order chi connectivity index (χ1) is 8.60. The zero-order chi connectivity index (χ0) is 14.7. The highest BCUT2D eigenvalue weighted by Crippen LogP contribution is 2.10. The Morgan fingerprint density at radius 1 is 1.21 bits per heavy atom. The number of benzene rings is 1. The van der Waals surface area contributed by atoms with E-state index in [0.717, 1.165) is 0 Å². The lowest BCUT2D eigenvalue weighted by Gasteiger charge is -2.09. The highest BCUT2D eigenvalue weighted by Gasteiger charge is 2.13. The third-order valence-corrected chi connectivity index (χ3v) is 4.88. The van der Waals surface area contributed by atoms with Crippen molar-refractivity contribution in [3.63, 3.8) is 0 Å². The minimum atomic E-state index is -3.78. The van der Waals surface area contributed by atoms with E-state index in [1.807, 2.05) is 0 Å². The SMILES string of the molecule is CC(C)CS(=O)(=O)NCc1cccc(S(N)(=O)=O)c1. The van der Waals surface area contributed by atoms with Gasteiger partial charge in [-0.2, -0.15) is 0 Å². The molecule has 8 heteroatoms. The molecule has 1 aromatic carbocycles. The van der Waals surface area contributed by atoms with Gasteiger partial charge in [0.05, 0.1) is 10.6 Å². The average Bonchev–Trinajstić information content (AvgIpc) is 2.24. The van der Waals surface area contributed by atoms with Crippen LogP contribution < -0.4 is 9.86 Å². The highest BCUT2D eigenvalue weighted by atomic mass is 32.2. The van der Waals surface area contributed by atoms with E-state index < -0.39 is 20.0 Å². The predicted molar refractivity (Wildman–Crippen MR) is 73.3 cm³/mol. The van der Waals surface area contributed by atoms with Crippen LogP contribution in [0.1, 0.15) is 19.4 Å². The molecule has 0 atom stereocenters. The number of nitrogens with one attached hydrogen (secondary N) is 1. The van der Waals surface area contributed by atoms with Gasteiger partial charge in [0.15, 0.2) is 0 Å². The van der Waals surface area contributed by atoms with Gasteiger partial charge in [0, 0.05) is 6.54 Å². The number of hydrogen-bond acceptors (Lipinski definition) is 4. The molecule has 0 heterocycles. The Morgan fingerprint density at radius 3 is 2.37 bits per heavy atom. The van der Waals surface area contributed by atoms with Crippen molar-refractivity contribution in [3.05, 3.63) is 29.8 Å². The molecule has 0 unspecified atom stereocenters. The number of rotatable bonds is 6. The Balaban J connectivity index is 2.80. The molecule has 0 aromatic heterocycles. The second kappa shape index (κ2) is 6.00. The molecule has 0 fully saturated rings. The van der Waals surface area contributed by atoms with Gasteiger partial charge in [-0.1, -0.05) is 26.0 Å². The van der Waals surface area contributed by atoms with Crippen molar-refractivity contribution >= 4 is 20.0 Å². The Kier molecular flexibility index (Phi) is 5.08. The van der Waals surface area contributed by atoms with Crippen LogP contribution in [-0.2, 0) is 26.6 Å². The topological polar surface area (TPSA) is 106 Å². The van der Waals surface area contributed by atoms with Crippen molar-refractivity contribution in [3.8, 4) is 0 Å². The van der Waals surface area contributed by atoms with Crippen molar-refractivity contribution in [2.45, 2.75) is 25.3 Å². The van der Waals surface area contributed by atoms with Gasteiger partial charge >= 0.3 is 0 Å². The van der Waals surface area contributed by atoms with Crippen LogP contribution in [0, 0.1) is 5.92 Å². The van der Waals surface area contributed by atoms with Crippen LogP contribution in [0.2, 0.25) is 0 Å². The first kappa shape index (κ1) is 16.1. The molecule has 1 aromatic rings. The van der Waals surface area contributed by atoms with E-state index in [2.05, 4.69) is 4.72 Å². The Bertz CT molecular complexity index is 636. The fourth-order valence-corrected chi connectivity index (χ4v) is 3.49. The van der Waals surface area contributed by atoms with Crippen molar-refractivity contribution in [1.29, 1.82) is 0 Å². The first-order valence-electron chi connectivity index (χ1n) is 5.69. The van der Waals surface area contributed by atoms with Crippen LogP contribution in [0.5, 0.6) is 0 Å². The van der Waals surface area contributed by atoms with Gasteiger partial charge < -0.3 is 0 Å². The van der Waals surface area contributed by atoms with Gasteiger partial charge in [0.2, 0.25) is 20.0 Å². The average molecular weight is 306 g/mol. The zero-order valence-corrected chi connectivity index (χ0v) is 12.5. The van der Waals surface area contributed by atoms with Crippen LogP contribution in [0.15, 0.2) is 29.2 Å². The van der Waals surface area contributed by atoms with Crippen molar-refractivity contribution in [2.24, 2.45) is 11.1 Å². The van der Waals surface area contributed by atoms with Gasteiger partial charge in [0.25, 0.3) is 0 Å². The molecule has 1 rings (SSSR count). The smallest absolute Gasteiger partial charge is 0.225 e. The van der Waals surface area contributed by atoms with Crippen LogP contribution in [0.3, 0.4) is 0 Å². The van der Waals surface area contributed by atoms with Gasteiger partial charge in [-0.15, -0.1) is 0 Å². The van der Waals surface area contributed by atoms with Gasteiger partial charge in [-0.05, 0) is 23.6 Å². The van der Waals surface area contributed by atoms with E-state index in [4.69, 9.17) is 5.14 Å². The van der Waals surface area contributed by atoms with E-state index >= 15 is 0 Å². The normalized spacial score (nSPS) is 12.8. The third-order valence-electron chi connectivity index (χ3n) is 2.28. The van der Waals surface area contributed by atoms with Gasteiger partial charge in [0.1, 0.15) is 0 Å². The molecule has 0 spiro atoms. The van der Waals surface area contributed by atoms with Crippen LogP contribution in [0.25, 0.3) is 0 Å². The van der Waals surface area contributed by atoms with Crippen molar-refractivity contribution in [2.75, 3.05) is 5.75 Å². The monoisotopic (exact) mass is 306 g/mol. The molecule has 0 radical (unpaired) electrons. The Labute approximate surface area is 114 Å². The van der Waals surface area contributed by atoms with Crippen molar-refractivity contribution < 1.29 is 16.8 Å². The third kappa shape index (κ3) is 5.68. The maximum atomic E-state index is 11.6. The van der Waals surface area contributed by atoms with E-state index in [1.54, 1.807) is 19.9 Å². The lowest BCUT2D eigenvalue weighted by atomic mass is 10.2. The molecule has 0 saturated carbocycles. The number of nitrogens with two attached hydrogens (primary N) is 1. The van der Waals surface area contributed by atoms with Crippen LogP contribution >= 0.6 is 0 Å². The second-order valence-corrected chi connectivity index (χ2v) is 8.10. The quantitative estimate of drug-likeness (QED) is 0.793. The molecule has 108 valence electrons. The molecular formula is C11H18N2O4S2. The fourth-order valence-electron chi connectivity index (χ4n) is 1.52. The summed E-state index contributed by atoms with van der Waals surface area (Å²) in [7, 11) is -7.13. The molecular weight excluding hydrogens is 288 g/mol. The van der Waals surface area contributed by atoms with Crippen LogP contribution in [-0.4, -0.2) is 22.6 Å². The maximum absolute atomic E-state index is 11.6. The Hall–Kier alpha value is -0.960. The Morgan fingerprint density at radius 2 is 1.84 bits per heavy atom. The van der Waals surface area contributed by atoms with E-state index in [-0.39, 0.29) is 23.1 Å². The predicted octanol–water partition coefficient (Wildman–Crippen LogP) is 0.409. The summed E-state index contributed by atoms with van der Waals surface area (Å²) < 4.78 is 48.0. The molecule has 0 aliphatic carbocycles. The van der Waals surface area contributed by atoms with Gasteiger partial charge in [-0.25, -0.2) is 26.7 Å². The zero-order valence-electron chi connectivity index (χ0n) is 10.8. The van der Waals surface area contributed by atoms with E-state index in [0.29, 0.717) is 5.56 Å². The number of hydrogen-bond donors (Lipinski definition) is 2. The minimum absolute atomic E-state index is 0.0215. The summed E-state index contributed by atoms with van der Waals surface area (Å²) >= 11 is 0. The first-order valence-corrected chi connectivity index (χ1v) is 8.89. The van der Waals surface area contributed by atoms with Crippen LogP contribution in [0.4, 0.5) is 0 Å². The molecule has 0 saturated heterocycles. The summed E-state index contributed by atoms with van der Waals surface area (Å²) in [6, 6.07) is 5.87. The molecule has 0 aliphatic rings. The molecule has 6 nitrogen and oxygen atoms in total. The van der Waals surface area contributed by atoms with E-state index in [1.165, 1.54) is 18.2 Å². The largest absolute Gasteiger partial charge is 0.238 e. The highest BCUT2D eigenvalue weighted by molar-refractivity contribution is 7.89. The summed E-state index contributed by atoms with van der Waals surface area (Å²) in [6.45, 7) is 3.65. The summed E-state index contributed by atoms with van der Waals surface area (Å²) in [5.41, 5.74) is 0.541. The standard InChI is InChI=1S/C11H18N2O4S2/c1-9(2)8-18(14,15)13-7-10-4-3-5-11(6-10)19(12,16)17/h3-6,9,13H,7-8H2,1-2H3,(H2,12,16,17). The summed E-state index contributed by atoms with van der Waals surface area (Å²) in [5.74, 6) is 0.0512. The lowest BCUT2D eigenvalue weighted by Crippen LogP contribution is -2.28. The summed E-state index contributed by atoms with van der Waals surface area (Å²) in [6.07, 6.45) is 0. The van der Waals surface area contributed by atoms with Crippen molar-refractivity contribution in [1.82, 2.24) is 4.72 Å². The number of sulfonamides is 2. The van der Waals surface area contributed by atoms with Gasteiger partial charge in [-0.3, -0.25) is 0 Å². The molecule has 0 bridgehead atoms. The maximum Gasteiger partial charge on any atom is 0.238 e. The molecule has 19 heavy (non-hydrogen) atoms.